The molecule has 1 saturated heterocycles. The second kappa shape index (κ2) is 10.2. The summed E-state index contributed by atoms with van der Waals surface area (Å²) in [6, 6.07) is 8.22. The molecule has 5 atom stereocenters. The molecule has 3 aliphatic carbocycles. The molecule has 226 valence electrons. The number of nitrogens with two attached hydrogens (primary N) is 1. The van der Waals surface area contributed by atoms with Gasteiger partial charge in [0.25, 0.3) is 5.91 Å². The normalized spacial score (nSPS) is 28.9. The van der Waals surface area contributed by atoms with Gasteiger partial charge in [0.05, 0.1) is 24.9 Å². The first-order chi connectivity index (χ1) is 20.4. The highest BCUT2D eigenvalue weighted by Crippen LogP contribution is 2.56. The van der Waals surface area contributed by atoms with Crippen molar-refractivity contribution in [2.45, 2.75) is 43.6 Å². The molecule has 0 radical (unpaired) electrons. The number of benzene rings is 2. The molecule has 2 fully saturated rings. The summed E-state index contributed by atoms with van der Waals surface area (Å²) >= 11 is 0. The van der Waals surface area contributed by atoms with Gasteiger partial charge in [-0.2, -0.15) is 0 Å². The number of nitrogens with zero attached hydrogens (tertiary/aromatic N) is 1. The highest BCUT2D eigenvalue weighted by Gasteiger charge is 2.65. The Morgan fingerprint density at radius 1 is 1.09 bits per heavy atom. The molecule has 0 bridgehead atoms. The zero-order chi connectivity index (χ0) is 31.0. The quantitative estimate of drug-likeness (QED) is 0.245. The number of phenolic OH excluding ortho intramolecular Hbond substituents is 1. The van der Waals surface area contributed by atoms with E-state index in [1.807, 2.05) is 6.07 Å². The van der Waals surface area contributed by atoms with Crippen LogP contribution >= 0.6 is 0 Å². The highest BCUT2D eigenvalue weighted by atomic mass is 16.5. The molecule has 0 unspecified atom stereocenters. The molecule has 2 aromatic rings. The van der Waals surface area contributed by atoms with Crippen molar-refractivity contribution in [1.29, 1.82) is 0 Å². The minimum Gasteiger partial charge on any atom is -0.508 e. The monoisotopic (exact) mass is 592 g/mol. The fourth-order valence-corrected chi connectivity index (χ4v) is 7.21. The van der Waals surface area contributed by atoms with E-state index >= 15 is 0 Å². The molecule has 12 heteroatoms. The third-order valence-electron chi connectivity index (χ3n) is 9.30. The van der Waals surface area contributed by atoms with Crippen LogP contribution in [0.3, 0.4) is 0 Å². The van der Waals surface area contributed by atoms with Gasteiger partial charge in [-0.3, -0.25) is 19.3 Å². The molecule has 12 nitrogen and oxygen atoms in total. The number of carbonyl (C=O) groups excluding carboxylic acids is 3. The number of rotatable bonds is 5. The second-order valence-electron chi connectivity index (χ2n) is 11.6. The number of primary amides is 1. The van der Waals surface area contributed by atoms with E-state index in [1.165, 1.54) is 6.07 Å². The summed E-state index contributed by atoms with van der Waals surface area (Å²) < 4.78 is 5.57. The van der Waals surface area contributed by atoms with E-state index in [1.54, 1.807) is 25.3 Å². The second-order valence-corrected chi connectivity index (χ2v) is 11.6. The molecule has 2 aromatic carbocycles. The molecule has 0 aromatic heterocycles. The lowest BCUT2D eigenvalue weighted by molar-refractivity contribution is -0.165. The van der Waals surface area contributed by atoms with E-state index in [2.05, 4.69) is 4.90 Å². The number of fused-ring (bicyclic) bond motifs is 3. The largest absolute Gasteiger partial charge is 0.508 e. The third kappa shape index (κ3) is 4.08. The van der Waals surface area contributed by atoms with Gasteiger partial charge in [0.15, 0.2) is 11.4 Å². The van der Waals surface area contributed by atoms with E-state index in [4.69, 9.17) is 10.5 Å². The van der Waals surface area contributed by atoms with Crippen LogP contribution in [-0.4, -0.2) is 84.9 Å². The Bertz CT molecular complexity index is 1640. The Morgan fingerprint density at radius 2 is 1.79 bits per heavy atom. The maximum absolute atomic E-state index is 13.8. The number of Topliss-reactive ketones (excluding diaryl/α,β-unsaturated/α-hetero) is 2. The van der Waals surface area contributed by atoms with Crippen LogP contribution < -0.4 is 10.5 Å². The van der Waals surface area contributed by atoms with Crippen molar-refractivity contribution in [2.24, 2.45) is 17.6 Å². The van der Waals surface area contributed by atoms with Crippen LogP contribution in [-0.2, 0) is 20.9 Å². The van der Waals surface area contributed by atoms with Gasteiger partial charge in [-0.05, 0) is 55.3 Å². The van der Waals surface area contributed by atoms with Crippen LogP contribution in [0.25, 0.3) is 16.9 Å². The van der Waals surface area contributed by atoms with Gasteiger partial charge >= 0.3 is 0 Å². The van der Waals surface area contributed by atoms with Crippen LogP contribution in [0.5, 0.6) is 11.5 Å². The fourth-order valence-electron chi connectivity index (χ4n) is 7.21. The predicted octanol–water partition coefficient (Wildman–Crippen LogP) is 1.16. The van der Waals surface area contributed by atoms with Crippen molar-refractivity contribution < 1.29 is 49.8 Å². The van der Waals surface area contributed by atoms with Crippen LogP contribution in [0, 0.1) is 11.8 Å². The molecule has 1 aliphatic heterocycles. The number of amides is 1. The lowest BCUT2D eigenvalue weighted by Crippen LogP contribution is -2.64. The van der Waals surface area contributed by atoms with Crippen LogP contribution in [0.1, 0.15) is 42.1 Å². The molecule has 4 aliphatic rings. The van der Waals surface area contributed by atoms with Crippen molar-refractivity contribution in [1.82, 2.24) is 4.90 Å². The number of carbonyl (C=O) groups is 3. The molecule has 1 saturated carbocycles. The minimum absolute atomic E-state index is 0.0283. The van der Waals surface area contributed by atoms with Gasteiger partial charge < -0.3 is 41.1 Å². The number of ether oxygens (including phenoxy) is 1. The average Bonchev–Trinajstić information content (AvgIpc) is 3.48. The van der Waals surface area contributed by atoms with Crippen molar-refractivity contribution in [3.63, 3.8) is 0 Å². The van der Waals surface area contributed by atoms with Crippen LogP contribution in [0.2, 0.25) is 0 Å². The zero-order valence-electron chi connectivity index (χ0n) is 23.3. The van der Waals surface area contributed by atoms with E-state index < -0.39 is 82.0 Å². The average molecular weight is 593 g/mol. The van der Waals surface area contributed by atoms with E-state index in [9.17, 15) is 45.0 Å². The summed E-state index contributed by atoms with van der Waals surface area (Å²) in [6.07, 6.45) is -2.10. The maximum atomic E-state index is 13.8. The van der Waals surface area contributed by atoms with Crippen molar-refractivity contribution in [3.8, 4) is 22.6 Å². The number of methoxy groups -OCH3 is 1. The number of aliphatic hydroxyl groups is 5. The first-order valence-electron chi connectivity index (χ1n) is 14.0. The van der Waals surface area contributed by atoms with Gasteiger partial charge in [-0.1, -0.05) is 12.1 Å². The van der Waals surface area contributed by atoms with Gasteiger partial charge in [-0.15, -0.1) is 0 Å². The molecular weight excluding hydrogens is 560 g/mol. The maximum Gasteiger partial charge on any atom is 0.255 e. The molecule has 6 rings (SSSR count). The predicted molar refractivity (Wildman–Crippen MR) is 151 cm³/mol. The number of aliphatic hydroxyl groups excluding tert-OH is 4. The van der Waals surface area contributed by atoms with E-state index in [0.717, 1.165) is 31.5 Å². The highest BCUT2D eigenvalue weighted by molar-refractivity contribution is 6.23. The molecule has 1 amide bonds. The lowest BCUT2D eigenvalue weighted by atomic mass is 9.57. The smallest absolute Gasteiger partial charge is 0.255 e. The number of hydrogen-bond acceptors (Lipinski definition) is 11. The summed E-state index contributed by atoms with van der Waals surface area (Å²) in [5.41, 5.74) is 2.20. The third-order valence-corrected chi connectivity index (χ3v) is 9.30. The first-order valence-corrected chi connectivity index (χ1v) is 14.0. The minimum atomic E-state index is -2.98. The van der Waals surface area contributed by atoms with Crippen LogP contribution in [0.15, 0.2) is 47.2 Å². The number of hydrogen-bond donors (Lipinski definition) is 7. The SMILES string of the molecule is COc1ccc(-c2ccc(O)c3c2[C@H](O)[C@@H]2C(=C3O)C(=O)[C@]3(O)C(O)=C(C(N)=O)C(=O)C[C@@H]3[C@H]2O)cc1CN1CCCC1. The Balaban J connectivity index is 1.53. The van der Waals surface area contributed by atoms with Gasteiger partial charge in [0.2, 0.25) is 5.78 Å². The summed E-state index contributed by atoms with van der Waals surface area (Å²) in [4.78, 5) is 40.6. The number of ketones is 2. The molecular formula is C31H32N2O10. The fraction of sp³-hybridized carbons (Fsp3) is 0.387. The van der Waals surface area contributed by atoms with Gasteiger partial charge in [0, 0.05) is 41.5 Å². The summed E-state index contributed by atoms with van der Waals surface area (Å²) in [5, 5.41) is 67.7. The molecule has 1 heterocycles. The summed E-state index contributed by atoms with van der Waals surface area (Å²) in [6.45, 7) is 2.50. The van der Waals surface area contributed by atoms with E-state index in [0.29, 0.717) is 23.4 Å². The lowest BCUT2D eigenvalue weighted by Gasteiger charge is -2.50. The number of likely N-dealkylation sites (tertiary alicyclic amines) is 1. The number of phenols is 1. The molecule has 8 N–H and O–H groups in total. The molecule has 43 heavy (non-hydrogen) atoms. The molecule has 0 spiro atoms. The Labute approximate surface area is 245 Å². The first kappa shape index (κ1) is 28.9. The standard InChI is InChI=1S/C31H32N2O10/c1-43-19-7-4-13(10-14(19)12-33-8-2-3-9-33)15-5-6-17(34)21-20(15)26(37)23-24(27(21)38)29(40)31(42)16(25(23)36)11-18(35)22(28(31)39)30(32)41/h4-7,10,16,23,25-26,34,36-39,42H,2-3,8-9,11-12H2,1H3,(H2,32,41)/t16-,23-,25-,26+,31-/m1/s1. The van der Waals surface area contributed by atoms with Crippen molar-refractivity contribution in [3.05, 3.63) is 63.9 Å². The Hall–Kier alpha value is -4.23. The van der Waals surface area contributed by atoms with Crippen molar-refractivity contribution >= 4 is 23.2 Å². The number of aromatic hydroxyl groups is 1. The van der Waals surface area contributed by atoms with E-state index in [-0.39, 0.29) is 11.1 Å². The summed E-state index contributed by atoms with van der Waals surface area (Å²) in [7, 11) is 1.57. The van der Waals surface area contributed by atoms with Crippen LogP contribution in [0.4, 0.5) is 0 Å². The summed E-state index contributed by atoms with van der Waals surface area (Å²) in [5.74, 6) is -8.89. The van der Waals surface area contributed by atoms with Crippen molar-refractivity contribution in [2.75, 3.05) is 20.2 Å². The Kier molecular flexibility index (Phi) is 6.85. The Morgan fingerprint density at radius 3 is 2.44 bits per heavy atom. The zero-order valence-corrected chi connectivity index (χ0v) is 23.3. The van der Waals surface area contributed by atoms with Gasteiger partial charge in [-0.25, -0.2) is 0 Å². The van der Waals surface area contributed by atoms with Gasteiger partial charge in [0.1, 0.15) is 28.6 Å². The topological polar surface area (TPSA) is 211 Å².